The molecule has 29 heavy (non-hydrogen) atoms. The van der Waals surface area contributed by atoms with E-state index in [4.69, 9.17) is 5.73 Å². The number of imide groups is 1. The van der Waals surface area contributed by atoms with E-state index in [0.29, 0.717) is 30.8 Å². The molecule has 2 aromatic rings. The number of carbonyl (C=O) groups is 3. The van der Waals surface area contributed by atoms with Gasteiger partial charge in [0.2, 0.25) is 11.8 Å². The predicted octanol–water partition coefficient (Wildman–Crippen LogP) is 0.637. The Morgan fingerprint density at radius 2 is 2.07 bits per heavy atom. The first-order valence-electron chi connectivity index (χ1n) is 9.84. The van der Waals surface area contributed by atoms with Crippen LogP contribution in [0.1, 0.15) is 40.7 Å². The van der Waals surface area contributed by atoms with E-state index in [1.54, 1.807) is 11.1 Å². The molecule has 1 saturated heterocycles. The number of amides is 3. The Balaban J connectivity index is 1.36. The molecule has 3 aliphatic rings. The van der Waals surface area contributed by atoms with Crippen LogP contribution in [0.3, 0.4) is 0 Å². The fourth-order valence-corrected chi connectivity index (χ4v) is 4.52. The third-order valence-corrected chi connectivity index (χ3v) is 5.90. The molecule has 0 aliphatic carbocycles. The number of piperidine rings is 1. The molecule has 3 aliphatic heterocycles. The van der Waals surface area contributed by atoms with Crippen LogP contribution in [0, 0.1) is 0 Å². The van der Waals surface area contributed by atoms with Gasteiger partial charge < -0.3 is 15.5 Å². The van der Waals surface area contributed by atoms with Gasteiger partial charge >= 0.3 is 0 Å². The number of anilines is 2. The second-order valence-electron chi connectivity index (χ2n) is 7.81. The molecule has 0 radical (unpaired) electrons. The molecule has 5 rings (SSSR count). The van der Waals surface area contributed by atoms with Crippen LogP contribution in [-0.4, -0.2) is 45.0 Å². The molecule has 150 valence electrons. The number of fused-ring (bicyclic) bond motifs is 2. The van der Waals surface area contributed by atoms with Gasteiger partial charge in [0.25, 0.3) is 5.91 Å². The summed E-state index contributed by atoms with van der Waals surface area (Å²) < 4.78 is 1.93. The summed E-state index contributed by atoms with van der Waals surface area (Å²) in [6, 6.07) is 5.23. The molecule has 1 fully saturated rings. The summed E-state index contributed by atoms with van der Waals surface area (Å²) in [7, 11) is 0. The second-order valence-corrected chi connectivity index (χ2v) is 7.81. The maximum atomic E-state index is 12.8. The van der Waals surface area contributed by atoms with Crippen LogP contribution in [0.15, 0.2) is 24.4 Å². The van der Waals surface area contributed by atoms with E-state index in [2.05, 4.69) is 15.3 Å². The standard InChI is InChI=1S/C20H22N6O3/c21-15-9-22-26-7-1-6-24(19(15)26)10-12-2-3-14-13(8-12)11-25(20(14)29)16-4-5-17(27)23-18(16)28/h2-3,8-9,16H,1,4-7,10-11,21H2,(H,23,27,28). The Hall–Kier alpha value is -3.36. The van der Waals surface area contributed by atoms with E-state index in [0.717, 1.165) is 36.5 Å². The first-order valence-corrected chi connectivity index (χ1v) is 9.84. The van der Waals surface area contributed by atoms with E-state index in [-0.39, 0.29) is 24.1 Å². The van der Waals surface area contributed by atoms with Crippen LogP contribution >= 0.6 is 0 Å². The fraction of sp³-hybridized carbons (Fsp3) is 0.400. The van der Waals surface area contributed by atoms with E-state index in [1.165, 1.54) is 0 Å². The Morgan fingerprint density at radius 1 is 1.21 bits per heavy atom. The van der Waals surface area contributed by atoms with Gasteiger partial charge in [0.05, 0.1) is 11.9 Å². The SMILES string of the molecule is Nc1cnn2c1N(Cc1ccc3c(c1)CN(C1CCC(=O)NC1=O)C3=O)CCC2. The molecule has 1 aromatic carbocycles. The van der Waals surface area contributed by atoms with Crippen molar-refractivity contribution in [1.82, 2.24) is 20.0 Å². The number of carbonyl (C=O) groups excluding carboxylic acids is 3. The molecular weight excluding hydrogens is 372 g/mol. The van der Waals surface area contributed by atoms with Gasteiger partial charge in [0.15, 0.2) is 5.82 Å². The highest BCUT2D eigenvalue weighted by Crippen LogP contribution is 2.31. The lowest BCUT2D eigenvalue weighted by atomic mass is 10.0. The summed E-state index contributed by atoms with van der Waals surface area (Å²) in [5, 5.41) is 6.66. The number of aromatic nitrogens is 2. The van der Waals surface area contributed by atoms with Crippen molar-refractivity contribution in [3.63, 3.8) is 0 Å². The lowest BCUT2D eigenvalue weighted by molar-refractivity contribution is -0.136. The van der Waals surface area contributed by atoms with Gasteiger partial charge in [-0.3, -0.25) is 19.7 Å². The van der Waals surface area contributed by atoms with Gasteiger partial charge in [-0.05, 0) is 30.0 Å². The molecule has 3 N–H and O–H groups in total. The second kappa shape index (κ2) is 6.61. The minimum Gasteiger partial charge on any atom is -0.394 e. The molecule has 3 amide bonds. The molecule has 0 spiro atoms. The lowest BCUT2D eigenvalue weighted by Crippen LogP contribution is -2.52. The van der Waals surface area contributed by atoms with E-state index in [1.807, 2.05) is 22.9 Å². The number of nitrogens with two attached hydrogens (primary N) is 1. The lowest BCUT2D eigenvalue weighted by Gasteiger charge is -2.30. The Bertz CT molecular complexity index is 1030. The number of benzene rings is 1. The number of hydrogen-bond acceptors (Lipinski definition) is 6. The zero-order chi connectivity index (χ0) is 20.1. The topological polar surface area (TPSA) is 114 Å². The number of nitrogen functional groups attached to an aromatic ring is 1. The quantitative estimate of drug-likeness (QED) is 0.739. The van der Waals surface area contributed by atoms with Crippen LogP contribution < -0.4 is 16.0 Å². The number of nitrogens with one attached hydrogen (secondary N) is 1. The molecule has 1 atom stereocenters. The molecule has 0 bridgehead atoms. The van der Waals surface area contributed by atoms with Crippen molar-refractivity contribution in [1.29, 1.82) is 0 Å². The number of hydrogen-bond donors (Lipinski definition) is 2. The van der Waals surface area contributed by atoms with Crippen molar-refractivity contribution in [2.24, 2.45) is 0 Å². The van der Waals surface area contributed by atoms with E-state index >= 15 is 0 Å². The molecule has 1 unspecified atom stereocenters. The summed E-state index contributed by atoms with van der Waals surface area (Å²) in [4.78, 5) is 40.2. The van der Waals surface area contributed by atoms with Crippen molar-refractivity contribution in [2.75, 3.05) is 17.2 Å². The monoisotopic (exact) mass is 394 g/mol. The summed E-state index contributed by atoms with van der Waals surface area (Å²) in [6.45, 7) is 2.82. The van der Waals surface area contributed by atoms with Crippen molar-refractivity contribution >= 4 is 29.2 Å². The minimum atomic E-state index is -0.590. The molecule has 9 heteroatoms. The van der Waals surface area contributed by atoms with Crippen molar-refractivity contribution in [3.8, 4) is 0 Å². The first kappa shape index (κ1) is 17.7. The average Bonchev–Trinajstić information content (AvgIpc) is 3.23. The number of aryl methyl sites for hydroxylation is 1. The minimum absolute atomic E-state index is 0.152. The normalized spacial score (nSPS) is 21.2. The molecule has 1 aromatic heterocycles. The van der Waals surface area contributed by atoms with Crippen LogP contribution in [0.25, 0.3) is 0 Å². The van der Waals surface area contributed by atoms with Gasteiger partial charge in [0.1, 0.15) is 6.04 Å². The fourth-order valence-electron chi connectivity index (χ4n) is 4.52. The van der Waals surface area contributed by atoms with Crippen LogP contribution in [0.4, 0.5) is 11.5 Å². The predicted molar refractivity (Wildman–Crippen MR) is 105 cm³/mol. The Morgan fingerprint density at radius 3 is 2.90 bits per heavy atom. The van der Waals surface area contributed by atoms with Gasteiger partial charge in [-0.15, -0.1) is 0 Å². The number of nitrogens with zero attached hydrogens (tertiary/aromatic N) is 4. The van der Waals surface area contributed by atoms with Crippen molar-refractivity contribution in [2.45, 2.75) is 44.9 Å². The Kier molecular flexibility index (Phi) is 4.04. The Labute approximate surface area is 167 Å². The summed E-state index contributed by atoms with van der Waals surface area (Å²) in [5.41, 5.74) is 9.39. The summed E-state index contributed by atoms with van der Waals surface area (Å²) >= 11 is 0. The molecular formula is C20H22N6O3. The maximum absolute atomic E-state index is 12.8. The highest BCUT2D eigenvalue weighted by molar-refractivity contribution is 6.05. The summed E-state index contributed by atoms with van der Waals surface area (Å²) in [6.07, 6.45) is 3.31. The van der Waals surface area contributed by atoms with Gasteiger partial charge in [0, 0.05) is 38.2 Å². The van der Waals surface area contributed by atoms with Crippen LogP contribution in [-0.2, 0) is 29.2 Å². The van der Waals surface area contributed by atoms with Crippen molar-refractivity contribution in [3.05, 3.63) is 41.1 Å². The van der Waals surface area contributed by atoms with Crippen LogP contribution in [0.5, 0.6) is 0 Å². The van der Waals surface area contributed by atoms with E-state index in [9.17, 15) is 14.4 Å². The van der Waals surface area contributed by atoms with Gasteiger partial charge in [-0.1, -0.05) is 12.1 Å². The average molecular weight is 394 g/mol. The molecule has 4 heterocycles. The largest absolute Gasteiger partial charge is 0.394 e. The highest BCUT2D eigenvalue weighted by Gasteiger charge is 2.39. The maximum Gasteiger partial charge on any atom is 0.255 e. The van der Waals surface area contributed by atoms with Gasteiger partial charge in [-0.2, -0.15) is 5.10 Å². The van der Waals surface area contributed by atoms with E-state index < -0.39 is 6.04 Å². The molecule has 0 saturated carbocycles. The first-order chi connectivity index (χ1) is 14.0. The number of rotatable bonds is 3. The van der Waals surface area contributed by atoms with Gasteiger partial charge in [-0.25, -0.2) is 4.68 Å². The third-order valence-electron chi connectivity index (χ3n) is 5.90. The smallest absolute Gasteiger partial charge is 0.255 e. The zero-order valence-corrected chi connectivity index (χ0v) is 15.9. The highest BCUT2D eigenvalue weighted by atomic mass is 16.2. The zero-order valence-electron chi connectivity index (χ0n) is 15.9. The van der Waals surface area contributed by atoms with Crippen molar-refractivity contribution < 1.29 is 14.4 Å². The van der Waals surface area contributed by atoms with Crippen LogP contribution in [0.2, 0.25) is 0 Å². The molecule has 9 nitrogen and oxygen atoms in total. The third kappa shape index (κ3) is 2.93. The summed E-state index contributed by atoms with van der Waals surface area (Å²) in [5.74, 6) is 0.122.